The molecule has 0 aliphatic carbocycles. The van der Waals surface area contributed by atoms with Gasteiger partial charge in [0.15, 0.2) is 0 Å². The molecule has 10 heavy (non-hydrogen) atoms. The molecule has 1 rings (SSSR count). The van der Waals surface area contributed by atoms with Crippen LogP contribution in [0.1, 0.15) is 5.56 Å². The Balaban J connectivity index is 3.31. The fourth-order valence-electron chi connectivity index (χ4n) is 0.763. The standard InChI is InChI=1S/C7H8ClNO/c1-4-2-5(9)3-6(8)7(4)10/h2-3,10H,9H2,1H3. The second-order valence-electron chi connectivity index (χ2n) is 2.17. The Labute approximate surface area is 64.2 Å². The third-order valence-corrected chi connectivity index (χ3v) is 1.56. The van der Waals surface area contributed by atoms with Gasteiger partial charge in [0, 0.05) is 5.69 Å². The monoisotopic (exact) mass is 157 g/mol. The number of hydrogen-bond acceptors (Lipinski definition) is 2. The number of benzene rings is 1. The van der Waals surface area contributed by atoms with E-state index in [1.54, 1.807) is 13.0 Å². The highest BCUT2D eigenvalue weighted by Crippen LogP contribution is 2.28. The van der Waals surface area contributed by atoms with Gasteiger partial charge in [0.1, 0.15) is 5.75 Å². The lowest BCUT2D eigenvalue weighted by molar-refractivity contribution is 0.471. The molecule has 0 aliphatic rings. The van der Waals surface area contributed by atoms with Crippen molar-refractivity contribution in [3.8, 4) is 5.75 Å². The first-order valence-electron chi connectivity index (χ1n) is 2.86. The summed E-state index contributed by atoms with van der Waals surface area (Å²) < 4.78 is 0. The number of phenolic OH excluding ortho intramolecular Hbond substituents is 1. The van der Waals surface area contributed by atoms with Crippen molar-refractivity contribution in [2.24, 2.45) is 0 Å². The molecule has 1 aromatic carbocycles. The first-order valence-corrected chi connectivity index (χ1v) is 3.23. The van der Waals surface area contributed by atoms with E-state index in [-0.39, 0.29) is 5.75 Å². The van der Waals surface area contributed by atoms with Crippen LogP contribution in [0.15, 0.2) is 12.1 Å². The summed E-state index contributed by atoms with van der Waals surface area (Å²) in [5.41, 5.74) is 6.70. The average molecular weight is 158 g/mol. The molecule has 0 radical (unpaired) electrons. The highest BCUT2D eigenvalue weighted by Gasteiger charge is 2.01. The molecule has 0 amide bonds. The molecule has 54 valence electrons. The van der Waals surface area contributed by atoms with Gasteiger partial charge < -0.3 is 10.8 Å². The Kier molecular flexibility index (Phi) is 1.72. The topological polar surface area (TPSA) is 46.2 Å². The van der Waals surface area contributed by atoms with Crippen LogP contribution < -0.4 is 5.73 Å². The van der Waals surface area contributed by atoms with Crippen LogP contribution in [0, 0.1) is 6.92 Å². The number of hydrogen-bond donors (Lipinski definition) is 2. The van der Waals surface area contributed by atoms with Crippen LogP contribution in [-0.4, -0.2) is 5.11 Å². The van der Waals surface area contributed by atoms with E-state index in [2.05, 4.69) is 0 Å². The number of aryl methyl sites for hydroxylation is 1. The predicted octanol–water partition coefficient (Wildman–Crippen LogP) is 1.94. The van der Waals surface area contributed by atoms with Crippen molar-refractivity contribution in [2.75, 3.05) is 5.73 Å². The van der Waals surface area contributed by atoms with E-state index in [1.165, 1.54) is 6.07 Å². The third kappa shape index (κ3) is 1.16. The van der Waals surface area contributed by atoms with Crippen molar-refractivity contribution in [3.63, 3.8) is 0 Å². The van der Waals surface area contributed by atoms with E-state index in [1.807, 2.05) is 0 Å². The summed E-state index contributed by atoms with van der Waals surface area (Å²) in [6, 6.07) is 3.19. The molecular formula is C7H8ClNO. The van der Waals surface area contributed by atoms with Gasteiger partial charge >= 0.3 is 0 Å². The molecule has 1 aromatic rings. The van der Waals surface area contributed by atoms with E-state index in [0.717, 1.165) is 0 Å². The molecule has 0 heterocycles. The number of phenols is 1. The summed E-state index contributed by atoms with van der Waals surface area (Å²) in [6.45, 7) is 1.75. The van der Waals surface area contributed by atoms with Gasteiger partial charge in [-0.25, -0.2) is 0 Å². The minimum Gasteiger partial charge on any atom is -0.506 e. The highest BCUT2D eigenvalue weighted by atomic mass is 35.5. The summed E-state index contributed by atoms with van der Waals surface area (Å²) >= 11 is 5.59. The van der Waals surface area contributed by atoms with E-state index >= 15 is 0 Å². The van der Waals surface area contributed by atoms with Gasteiger partial charge in [-0.15, -0.1) is 0 Å². The van der Waals surface area contributed by atoms with Crippen LogP contribution in [0.2, 0.25) is 5.02 Å². The maximum absolute atomic E-state index is 9.14. The molecule has 0 atom stereocenters. The molecular weight excluding hydrogens is 150 g/mol. The van der Waals surface area contributed by atoms with E-state index in [9.17, 15) is 0 Å². The smallest absolute Gasteiger partial charge is 0.137 e. The van der Waals surface area contributed by atoms with Gasteiger partial charge in [-0.2, -0.15) is 0 Å². The molecule has 0 fully saturated rings. The fraction of sp³-hybridized carbons (Fsp3) is 0.143. The lowest BCUT2D eigenvalue weighted by Gasteiger charge is -2.01. The van der Waals surface area contributed by atoms with Crippen LogP contribution in [0.25, 0.3) is 0 Å². The van der Waals surface area contributed by atoms with Gasteiger partial charge in [-0.3, -0.25) is 0 Å². The SMILES string of the molecule is Cc1cc(N)cc(Cl)c1O. The first kappa shape index (κ1) is 7.22. The number of nitrogen functional groups attached to an aromatic ring is 1. The summed E-state index contributed by atoms with van der Waals surface area (Å²) in [5, 5.41) is 9.45. The number of halogens is 1. The minimum atomic E-state index is 0.107. The Morgan fingerprint density at radius 1 is 1.50 bits per heavy atom. The molecule has 3 N–H and O–H groups in total. The second kappa shape index (κ2) is 2.39. The molecule has 0 aliphatic heterocycles. The summed E-state index contributed by atoms with van der Waals surface area (Å²) in [7, 11) is 0. The second-order valence-corrected chi connectivity index (χ2v) is 2.58. The Hall–Kier alpha value is -0.890. The van der Waals surface area contributed by atoms with Gasteiger partial charge in [0.05, 0.1) is 5.02 Å². The van der Waals surface area contributed by atoms with Gasteiger partial charge in [-0.1, -0.05) is 11.6 Å². The molecule has 3 heteroatoms. The zero-order valence-electron chi connectivity index (χ0n) is 5.56. The molecule has 0 aromatic heterocycles. The normalized spacial score (nSPS) is 9.80. The summed E-state index contributed by atoms with van der Waals surface area (Å²) in [6.07, 6.45) is 0. The largest absolute Gasteiger partial charge is 0.506 e. The quantitative estimate of drug-likeness (QED) is 0.447. The van der Waals surface area contributed by atoms with Crippen molar-refractivity contribution in [1.82, 2.24) is 0 Å². The number of aromatic hydroxyl groups is 1. The van der Waals surface area contributed by atoms with Gasteiger partial charge in [0.2, 0.25) is 0 Å². The Morgan fingerprint density at radius 3 is 2.60 bits per heavy atom. The van der Waals surface area contributed by atoms with E-state index in [4.69, 9.17) is 22.4 Å². The zero-order chi connectivity index (χ0) is 7.72. The van der Waals surface area contributed by atoms with Crippen molar-refractivity contribution >= 4 is 17.3 Å². The van der Waals surface area contributed by atoms with Gasteiger partial charge in [-0.05, 0) is 24.6 Å². The lowest BCUT2D eigenvalue weighted by Crippen LogP contribution is -1.85. The zero-order valence-corrected chi connectivity index (χ0v) is 6.31. The number of rotatable bonds is 0. The predicted molar refractivity (Wildman–Crippen MR) is 42.3 cm³/mol. The van der Waals surface area contributed by atoms with Crippen molar-refractivity contribution in [3.05, 3.63) is 22.7 Å². The Morgan fingerprint density at radius 2 is 2.10 bits per heavy atom. The van der Waals surface area contributed by atoms with Crippen LogP contribution in [-0.2, 0) is 0 Å². The summed E-state index contributed by atoms with van der Waals surface area (Å²) in [5.74, 6) is 0.107. The first-order chi connectivity index (χ1) is 4.61. The minimum absolute atomic E-state index is 0.107. The maximum Gasteiger partial charge on any atom is 0.137 e. The Bertz CT molecular complexity index is 237. The fourth-order valence-corrected chi connectivity index (χ4v) is 1.04. The number of nitrogens with two attached hydrogens (primary N) is 1. The number of anilines is 1. The summed E-state index contributed by atoms with van der Waals surface area (Å²) in [4.78, 5) is 0. The van der Waals surface area contributed by atoms with Crippen LogP contribution in [0.4, 0.5) is 5.69 Å². The molecule has 0 unspecified atom stereocenters. The van der Waals surface area contributed by atoms with Gasteiger partial charge in [0.25, 0.3) is 0 Å². The maximum atomic E-state index is 9.14. The van der Waals surface area contributed by atoms with Crippen LogP contribution >= 0.6 is 11.6 Å². The third-order valence-electron chi connectivity index (χ3n) is 1.28. The lowest BCUT2D eigenvalue weighted by atomic mass is 10.2. The van der Waals surface area contributed by atoms with E-state index < -0.39 is 0 Å². The molecule has 0 saturated heterocycles. The van der Waals surface area contributed by atoms with Crippen molar-refractivity contribution < 1.29 is 5.11 Å². The van der Waals surface area contributed by atoms with Crippen LogP contribution in [0.3, 0.4) is 0 Å². The van der Waals surface area contributed by atoms with Crippen molar-refractivity contribution in [1.29, 1.82) is 0 Å². The average Bonchev–Trinajstić information content (AvgIpc) is 1.82. The molecule has 0 bridgehead atoms. The van der Waals surface area contributed by atoms with E-state index in [0.29, 0.717) is 16.3 Å². The highest BCUT2D eigenvalue weighted by molar-refractivity contribution is 6.32. The van der Waals surface area contributed by atoms with Crippen molar-refractivity contribution in [2.45, 2.75) is 6.92 Å². The molecule has 0 saturated carbocycles. The van der Waals surface area contributed by atoms with Crippen LogP contribution in [0.5, 0.6) is 5.75 Å². The molecule has 2 nitrogen and oxygen atoms in total. The molecule has 0 spiro atoms.